The molecule has 24 heavy (non-hydrogen) atoms. The minimum absolute atomic E-state index is 0.0555. The average molecular weight is 346 g/mol. The van der Waals surface area contributed by atoms with Gasteiger partial charge in [0.2, 0.25) is 5.91 Å². The Morgan fingerprint density at radius 3 is 2.54 bits per heavy atom. The number of carbonyl (C=O) groups excluding carboxylic acids is 1. The number of carbonyl (C=O) groups is 1. The first-order valence-corrected chi connectivity index (χ1v) is 12.6. The second-order valence-electron chi connectivity index (χ2n) is 8.30. The number of nitrogens with zero attached hydrogens (tertiary/aromatic N) is 1. The second-order valence-corrected chi connectivity index (χ2v) is 13.8. The highest BCUT2D eigenvalue weighted by molar-refractivity contribution is 6.76. The summed E-state index contributed by atoms with van der Waals surface area (Å²) in [6.45, 7) is 9.70. The van der Waals surface area contributed by atoms with Crippen LogP contribution in [0, 0.1) is 0 Å². The molecule has 1 fully saturated rings. The van der Waals surface area contributed by atoms with Crippen LogP contribution in [0.4, 0.5) is 0 Å². The van der Waals surface area contributed by atoms with Crippen molar-refractivity contribution in [3.05, 3.63) is 48.0 Å². The zero-order valence-electron chi connectivity index (χ0n) is 15.5. The SMILES string of the molecule is C[C@@]1(c2ccccc2)CC(=O)N(CCC/C=C\C[Si](C)(C)C)[C@@H]1O. The van der Waals surface area contributed by atoms with Crippen LogP contribution in [-0.4, -0.2) is 36.8 Å². The number of benzene rings is 1. The summed E-state index contributed by atoms with van der Waals surface area (Å²) in [6.07, 6.45) is 6.01. The van der Waals surface area contributed by atoms with Gasteiger partial charge in [-0.05, 0) is 24.4 Å². The number of amides is 1. The van der Waals surface area contributed by atoms with Crippen LogP contribution in [0.15, 0.2) is 42.5 Å². The van der Waals surface area contributed by atoms with E-state index >= 15 is 0 Å². The minimum atomic E-state index is -1.01. The number of rotatable bonds is 7. The lowest BCUT2D eigenvalue weighted by atomic mass is 9.80. The molecule has 0 radical (unpaired) electrons. The number of likely N-dealkylation sites (tertiary alicyclic amines) is 1. The molecule has 1 saturated heterocycles. The van der Waals surface area contributed by atoms with E-state index in [0.717, 1.165) is 18.4 Å². The van der Waals surface area contributed by atoms with Gasteiger partial charge < -0.3 is 10.0 Å². The van der Waals surface area contributed by atoms with E-state index in [1.54, 1.807) is 4.90 Å². The third-order valence-corrected chi connectivity index (χ3v) is 6.26. The summed E-state index contributed by atoms with van der Waals surface area (Å²) in [5.41, 5.74) is 0.523. The van der Waals surface area contributed by atoms with Crippen molar-refractivity contribution in [2.75, 3.05) is 6.54 Å². The number of aliphatic hydroxyl groups is 1. The molecule has 1 N–H and O–H groups in total. The fraction of sp³-hybridized carbons (Fsp3) is 0.550. The summed E-state index contributed by atoms with van der Waals surface area (Å²) in [6, 6.07) is 11.1. The van der Waals surface area contributed by atoms with Gasteiger partial charge in [0, 0.05) is 26.5 Å². The lowest BCUT2D eigenvalue weighted by Gasteiger charge is -2.31. The van der Waals surface area contributed by atoms with Gasteiger partial charge in [0.25, 0.3) is 0 Å². The molecule has 1 amide bonds. The van der Waals surface area contributed by atoms with Crippen LogP contribution >= 0.6 is 0 Å². The molecule has 1 aromatic carbocycles. The Morgan fingerprint density at radius 1 is 1.25 bits per heavy atom. The van der Waals surface area contributed by atoms with Gasteiger partial charge in [-0.1, -0.05) is 69.0 Å². The molecule has 1 aliphatic rings. The Hall–Kier alpha value is -1.39. The summed E-state index contributed by atoms with van der Waals surface area (Å²) < 4.78 is 0. The summed E-state index contributed by atoms with van der Waals surface area (Å²) in [5.74, 6) is 0.0555. The highest BCUT2D eigenvalue weighted by Crippen LogP contribution is 2.39. The number of allylic oxidation sites excluding steroid dienone is 2. The van der Waals surface area contributed by atoms with Crippen molar-refractivity contribution >= 4 is 14.0 Å². The molecule has 1 aliphatic heterocycles. The topological polar surface area (TPSA) is 40.5 Å². The van der Waals surface area contributed by atoms with Crippen LogP contribution in [0.2, 0.25) is 25.7 Å². The van der Waals surface area contributed by atoms with Crippen LogP contribution in [0.25, 0.3) is 0 Å². The molecule has 0 unspecified atom stereocenters. The van der Waals surface area contributed by atoms with Gasteiger partial charge in [-0.3, -0.25) is 4.79 Å². The number of unbranched alkanes of at least 4 members (excludes halogenated alkanes) is 1. The third kappa shape index (κ3) is 4.58. The van der Waals surface area contributed by atoms with E-state index in [1.165, 1.54) is 6.04 Å². The van der Waals surface area contributed by atoms with E-state index in [9.17, 15) is 9.90 Å². The van der Waals surface area contributed by atoms with Crippen molar-refractivity contribution in [3.8, 4) is 0 Å². The highest BCUT2D eigenvalue weighted by Gasteiger charge is 2.48. The maximum absolute atomic E-state index is 12.4. The molecule has 0 aromatic heterocycles. The molecular formula is C20H31NO2Si. The smallest absolute Gasteiger partial charge is 0.225 e. The maximum atomic E-state index is 12.4. The van der Waals surface area contributed by atoms with Crippen LogP contribution in [0.5, 0.6) is 0 Å². The van der Waals surface area contributed by atoms with Crippen LogP contribution in [0.3, 0.4) is 0 Å². The van der Waals surface area contributed by atoms with Crippen molar-refractivity contribution in [1.29, 1.82) is 0 Å². The Kier molecular flexibility index (Phi) is 6.05. The maximum Gasteiger partial charge on any atom is 0.225 e. The molecule has 1 heterocycles. The fourth-order valence-corrected chi connectivity index (χ4v) is 4.11. The van der Waals surface area contributed by atoms with Gasteiger partial charge in [-0.25, -0.2) is 0 Å². The minimum Gasteiger partial charge on any atom is -0.373 e. The van der Waals surface area contributed by atoms with Gasteiger partial charge in [-0.15, -0.1) is 0 Å². The molecule has 1 aromatic rings. The molecule has 0 bridgehead atoms. The largest absolute Gasteiger partial charge is 0.373 e. The van der Waals surface area contributed by atoms with E-state index in [-0.39, 0.29) is 5.91 Å². The summed E-state index contributed by atoms with van der Waals surface area (Å²) >= 11 is 0. The Labute approximate surface area is 147 Å². The van der Waals surface area contributed by atoms with Crippen molar-refractivity contribution in [2.45, 2.75) is 63.5 Å². The van der Waals surface area contributed by atoms with Gasteiger partial charge in [0.05, 0.1) is 0 Å². The van der Waals surface area contributed by atoms with E-state index in [2.05, 4.69) is 31.8 Å². The first-order valence-electron chi connectivity index (χ1n) is 8.92. The predicted molar refractivity (Wildman–Crippen MR) is 103 cm³/mol. The van der Waals surface area contributed by atoms with Crippen LogP contribution in [-0.2, 0) is 10.2 Å². The Bertz CT molecular complexity index is 579. The molecule has 0 aliphatic carbocycles. The van der Waals surface area contributed by atoms with Crippen molar-refractivity contribution in [3.63, 3.8) is 0 Å². The Balaban J connectivity index is 1.90. The number of hydrogen-bond donors (Lipinski definition) is 1. The quantitative estimate of drug-likeness (QED) is 0.458. The molecule has 4 heteroatoms. The summed E-state index contributed by atoms with van der Waals surface area (Å²) in [7, 11) is -1.01. The highest BCUT2D eigenvalue weighted by atomic mass is 28.3. The molecule has 2 atom stereocenters. The number of hydrogen-bond acceptors (Lipinski definition) is 2. The molecule has 3 nitrogen and oxygen atoms in total. The first kappa shape index (κ1) is 18.9. The summed E-state index contributed by atoms with van der Waals surface area (Å²) in [5, 5.41) is 10.7. The van der Waals surface area contributed by atoms with Crippen molar-refractivity contribution in [2.24, 2.45) is 0 Å². The first-order chi connectivity index (χ1) is 11.2. The van der Waals surface area contributed by atoms with Gasteiger partial charge in [-0.2, -0.15) is 0 Å². The standard InChI is InChI=1S/C20H31NO2Si/c1-20(17-12-8-7-9-13-17)16-18(22)21(19(20)23)14-10-5-6-11-15-24(2,3)4/h6-9,11-13,19,23H,5,10,14-16H2,1-4H3/b11-6-/t19-,20+/m1/s1. The Morgan fingerprint density at radius 2 is 1.92 bits per heavy atom. The van der Waals surface area contributed by atoms with Crippen LogP contribution in [0.1, 0.15) is 31.7 Å². The molecule has 0 spiro atoms. The zero-order valence-corrected chi connectivity index (χ0v) is 16.5. The zero-order chi connectivity index (χ0) is 17.8. The number of aliphatic hydroxyl groups excluding tert-OH is 1. The normalized spacial score (nSPS) is 25.0. The summed E-state index contributed by atoms with van der Waals surface area (Å²) in [4.78, 5) is 14.0. The predicted octanol–water partition coefficient (Wildman–Crippen LogP) is 4.17. The second kappa shape index (κ2) is 7.66. The molecular weight excluding hydrogens is 314 g/mol. The average Bonchev–Trinajstić information content (AvgIpc) is 2.74. The van der Waals surface area contributed by atoms with E-state index in [1.807, 2.05) is 37.3 Å². The molecule has 2 rings (SSSR count). The fourth-order valence-electron chi connectivity index (χ4n) is 3.24. The molecule has 0 saturated carbocycles. The van der Waals surface area contributed by atoms with Gasteiger partial charge in [0.15, 0.2) is 0 Å². The van der Waals surface area contributed by atoms with Gasteiger partial charge in [0.1, 0.15) is 6.23 Å². The van der Waals surface area contributed by atoms with Gasteiger partial charge >= 0.3 is 0 Å². The van der Waals surface area contributed by atoms with Crippen LogP contribution < -0.4 is 0 Å². The monoisotopic (exact) mass is 345 g/mol. The van der Waals surface area contributed by atoms with E-state index in [4.69, 9.17) is 0 Å². The lowest BCUT2D eigenvalue weighted by molar-refractivity contribution is -0.133. The van der Waals surface area contributed by atoms with Crippen molar-refractivity contribution in [1.82, 2.24) is 4.90 Å². The lowest BCUT2D eigenvalue weighted by Crippen LogP contribution is -2.41. The van der Waals surface area contributed by atoms with E-state index < -0.39 is 19.7 Å². The van der Waals surface area contributed by atoms with Crippen molar-refractivity contribution < 1.29 is 9.90 Å². The molecule has 132 valence electrons. The third-order valence-electron chi connectivity index (χ3n) is 4.80. The van der Waals surface area contributed by atoms with E-state index in [0.29, 0.717) is 13.0 Å².